The highest BCUT2D eigenvalue weighted by Gasteiger charge is 2.35. The SMILES string of the molecule is CC(C)(CCO)CC(C)(C)OC(COc1ccccc1)C(C)(C)C. The van der Waals surface area contributed by atoms with Crippen LogP contribution in [0.2, 0.25) is 0 Å². The Balaban J connectivity index is 2.74. The van der Waals surface area contributed by atoms with Crippen LogP contribution in [0.5, 0.6) is 5.75 Å². The lowest BCUT2D eigenvalue weighted by atomic mass is 9.79. The largest absolute Gasteiger partial charge is 0.491 e. The average Bonchev–Trinajstić information content (AvgIpc) is 2.42. The quantitative estimate of drug-likeness (QED) is 0.684. The van der Waals surface area contributed by atoms with Gasteiger partial charge in [0.25, 0.3) is 0 Å². The summed E-state index contributed by atoms with van der Waals surface area (Å²) in [6, 6.07) is 9.87. The van der Waals surface area contributed by atoms with Gasteiger partial charge in [-0.05, 0) is 49.7 Å². The Morgan fingerprint density at radius 3 is 2.04 bits per heavy atom. The Morgan fingerprint density at radius 1 is 0.958 bits per heavy atom. The van der Waals surface area contributed by atoms with Crippen LogP contribution in [-0.2, 0) is 4.74 Å². The summed E-state index contributed by atoms with van der Waals surface area (Å²) in [5.41, 5.74) is -0.259. The minimum atomic E-state index is -0.281. The fourth-order valence-corrected chi connectivity index (χ4v) is 3.12. The van der Waals surface area contributed by atoms with E-state index >= 15 is 0 Å². The summed E-state index contributed by atoms with van der Waals surface area (Å²) in [6.45, 7) is 15.9. The van der Waals surface area contributed by atoms with Crippen LogP contribution < -0.4 is 4.74 Å². The van der Waals surface area contributed by atoms with E-state index in [0.717, 1.165) is 18.6 Å². The maximum Gasteiger partial charge on any atom is 0.119 e. The smallest absolute Gasteiger partial charge is 0.119 e. The fourth-order valence-electron chi connectivity index (χ4n) is 3.12. The van der Waals surface area contributed by atoms with Crippen molar-refractivity contribution in [3.63, 3.8) is 0 Å². The number of benzene rings is 1. The molecule has 0 amide bonds. The molecule has 0 saturated carbocycles. The Hall–Kier alpha value is -1.06. The van der Waals surface area contributed by atoms with Crippen LogP contribution in [0.1, 0.15) is 61.3 Å². The van der Waals surface area contributed by atoms with E-state index in [4.69, 9.17) is 9.47 Å². The van der Waals surface area contributed by atoms with Gasteiger partial charge in [0.15, 0.2) is 0 Å². The van der Waals surface area contributed by atoms with Crippen LogP contribution in [0.25, 0.3) is 0 Å². The van der Waals surface area contributed by atoms with E-state index in [9.17, 15) is 5.11 Å². The number of para-hydroxylation sites is 1. The maximum absolute atomic E-state index is 9.26. The number of hydrogen-bond acceptors (Lipinski definition) is 3. The molecule has 0 spiro atoms. The molecule has 0 aliphatic carbocycles. The van der Waals surface area contributed by atoms with E-state index in [2.05, 4.69) is 48.5 Å². The standard InChI is InChI=1S/C21H36O3/c1-19(2,3)18(15-23-17-11-9-8-10-12-17)24-21(6,7)16-20(4,5)13-14-22/h8-12,18,22H,13-16H2,1-7H3. The van der Waals surface area contributed by atoms with E-state index in [-0.39, 0.29) is 29.1 Å². The first-order valence-electron chi connectivity index (χ1n) is 8.92. The molecule has 3 heteroatoms. The lowest BCUT2D eigenvalue weighted by molar-refractivity contribution is -0.142. The van der Waals surface area contributed by atoms with Gasteiger partial charge < -0.3 is 14.6 Å². The van der Waals surface area contributed by atoms with Gasteiger partial charge in [-0.2, -0.15) is 0 Å². The van der Waals surface area contributed by atoms with Crippen LogP contribution in [0.4, 0.5) is 0 Å². The number of aliphatic hydroxyl groups excluding tert-OH is 1. The lowest BCUT2D eigenvalue weighted by Gasteiger charge is -2.41. The van der Waals surface area contributed by atoms with Crippen LogP contribution in [0, 0.1) is 10.8 Å². The van der Waals surface area contributed by atoms with E-state index in [1.54, 1.807) is 0 Å². The number of rotatable bonds is 9. The van der Waals surface area contributed by atoms with Crippen LogP contribution >= 0.6 is 0 Å². The second kappa shape index (κ2) is 8.35. The molecular formula is C21H36O3. The highest BCUT2D eigenvalue weighted by molar-refractivity contribution is 5.20. The fraction of sp³-hybridized carbons (Fsp3) is 0.714. The third kappa shape index (κ3) is 7.67. The molecule has 0 aliphatic rings. The van der Waals surface area contributed by atoms with Gasteiger partial charge in [-0.25, -0.2) is 0 Å². The first-order valence-corrected chi connectivity index (χ1v) is 8.92. The molecule has 1 rings (SSSR count). The topological polar surface area (TPSA) is 38.7 Å². The van der Waals surface area contributed by atoms with Crippen molar-refractivity contribution in [2.45, 2.75) is 73.0 Å². The van der Waals surface area contributed by atoms with Crippen molar-refractivity contribution in [3.8, 4) is 5.75 Å². The number of hydrogen-bond donors (Lipinski definition) is 1. The van der Waals surface area contributed by atoms with Gasteiger partial charge >= 0.3 is 0 Å². The molecule has 3 nitrogen and oxygen atoms in total. The predicted molar refractivity (Wildman–Crippen MR) is 100 cm³/mol. The van der Waals surface area contributed by atoms with Crippen molar-refractivity contribution in [2.75, 3.05) is 13.2 Å². The molecule has 1 unspecified atom stereocenters. The molecular weight excluding hydrogens is 300 g/mol. The first kappa shape index (κ1) is 21.0. The molecule has 0 aliphatic heterocycles. The normalized spacial score (nSPS) is 14.5. The number of ether oxygens (including phenoxy) is 2. The summed E-state index contributed by atoms with van der Waals surface area (Å²) in [5.74, 6) is 0.869. The van der Waals surface area contributed by atoms with Crippen molar-refractivity contribution in [1.29, 1.82) is 0 Å². The van der Waals surface area contributed by atoms with Crippen LogP contribution in [0.15, 0.2) is 30.3 Å². The second-order valence-electron chi connectivity index (χ2n) is 9.17. The Morgan fingerprint density at radius 2 is 1.54 bits per heavy atom. The van der Waals surface area contributed by atoms with Crippen molar-refractivity contribution < 1.29 is 14.6 Å². The maximum atomic E-state index is 9.26. The molecule has 24 heavy (non-hydrogen) atoms. The van der Waals surface area contributed by atoms with Gasteiger partial charge in [0.2, 0.25) is 0 Å². The van der Waals surface area contributed by atoms with E-state index < -0.39 is 0 Å². The Bertz CT molecular complexity index is 472. The minimum absolute atomic E-state index is 0.0161. The third-order valence-corrected chi connectivity index (χ3v) is 4.26. The van der Waals surface area contributed by atoms with E-state index in [0.29, 0.717) is 6.61 Å². The van der Waals surface area contributed by atoms with E-state index in [1.807, 2.05) is 30.3 Å². The zero-order chi connectivity index (χ0) is 18.4. The van der Waals surface area contributed by atoms with Crippen molar-refractivity contribution in [3.05, 3.63) is 30.3 Å². The van der Waals surface area contributed by atoms with Crippen molar-refractivity contribution in [2.24, 2.45) is 10.8 Å². The van der Waals surface area contributed by atoms with Gasteiger partial charge in [-0.3, -0.25) is 0 Å². The molecule has 1 N–H and O–H groups in total. The second-order valence-corrected chi connectivity index (χ2v) is 9.17. The Kier molecular flexibility index (Phi) is 7.30. The summed E-state index contributed by atoms with van der Waals surface area (Å²) >= 11 is 0. The summed E-state index contributed by atoms with van der Waals surface area (Å²) in [5, 5.41) is 9.26. The highest BCUT2D eigenvalue weighted by Crippen LogP contribution is 2.36. The van der Waals surface area contributed by atoms with Gasteiger partial charge in [0.05, 0.1) is 11.7 Å². The molecule has 0 heterocycles. The summed E-state index contributed by atoms with van der Waals surface area (Å²) < 4.78 is 12.5. The molecule has 1 aromatic carbocycles. The van der Waals surface area contributed by atoms with E-state index in [1.165, 1.54) is 0 Å². The minimum Gasteiger partial charge on any atom is -0.491 e. The molecule has 138 valence electrons. The van der Waals surface area contributed by atoms with Crippen LogP contribution in [-0.4, -0.2) is 30.0 Å². The van der Waals surface area contributed by atoms with Crippen molar-refractivity contribution in [1.82, 2.24) is 0 Å². The van der Waals surface area contributed by atoms with Gasteiger partial charge in [0, 0.05) is 6.61 Å². The summed E-state index contributed by atoms with van der Waals surface area (Å²) in [6.07, 6.45) is 1.65. The number of aliphatic hydroxyl groups is 1. The molecule has 0 radical (unpaired) electrons. The average molecular weight is 337 g/mol. The first-order chi connectivity index (χ1) is 11.0. The van der Waals surface area contributed by atoms with Crippen molar-refractivity contribution >= 4 is 0 Å². The monoisotopic (exact) mass is 336 g/mol. The summed E-state index contributed by atoms with van der Waals surface area (Å²) in [7, 11) is 0. The lowest BCUT2D eigenvalue weighted by Crippen LogP contribution is -2.43. The molecule has 0 saturated heterocycles. The van der Waals surface area contributed by atoms with Gasteiger partial charge in [-0.1, -0.05) is 52.8 Å². The molecule has 0 aromatic heterocycles. The van der Waals surface area contributed by atoms with Gasteiger partial charge in [-0.15, -0.1) is 0 Å². The molecule has 1 aromatic rings. The Labute approximate surface area is 148 Å². The highest BCUT2D eigenvalue weighted by atomic mass is 16.5. The predicted octanol–water partition coefficient (Wildman–Crippen LogP) is 5.07. The summed E-state index contributed by atoms with van der Waals surface area (Å²) in [4.78, 5) is 0. The third-order valence-electron chi connectivity index (χ3n) is 4.26. The zero-order valence-corrected chi connectivity index (χ0v) is 16.6. The molecule has 1 atom stereocenters. The molecule has 0 fully saturated rings. The van der Waals surface area contributed by atoms with Gasteiger partial charge in [0.1, 0.15) is 12.4 Å². The molecule has 0 bridgehead atoms. The van der Waals surface area contributed by atoms with Crippen LogP contribution in [0.3, 0.4) is 0 Å². The zero-order valence-electron chi connectivity index (χ0n) is 16.6.